The zero-order valence-corrected chi connectivity index (χ0v) is 19.1. The van der Waals surface area contributed by atoms with Crippen LogP contribution >= 0.6 is 0 Å². The molecule has 178 valence electrons. The van der Waals surface area contributed by atoms with Gasteiger partial charge in [-0.3, -0.25) is 14.3 Å². The van der Waals surface area contributed by atoms with E-state index in [-0.39, 0.29) is 11.4 Å². The van der Waals surface area contributed by atoms with E-state index in [1.807, 2.05) is 6.07 Å². The van der Waals surface area contributed by atoms with Gasteiger partial charge < -0.3 is 15.5 Å². The van der Waals surface area contributed by atoms with E-state index in [0.29, 0.717) is 34.4 Å². The van der Waals surface area contributed by atoms with Gasteiger partial charge in [0.2, 0.25) is 5.95 Å². The number of hydrazine groups is 1. The Bertz CT molecular complexity index is 1390. The van der Waals surface area contributed by atoms with Crippen LogP contribution in [0.25, 0.3) is 11.3 Å². The topological polar surface area (TPSA) is 97.2 Å². The van der Waals surface area contributed by atoms with Gasteiger partial charge in [0, 0.05) is 44.3 Å². The molecule has 2 N–H and O–H groups in total. The Morgan fingerprint density at radius 2 is 1.83 bits per heavy atom. The van der Waals surface area contributed by atoms with Gasteiger partial charge in [0.15, 0.2) is 0 Å². The van der Waals surface area contributed by atoms with Crippen LogP contribution in [0.4, 0.5) is 21.8 Å². The van der Waals surface area contributed by atoms with Crippen LogP contribution in [0.1, 0.15) is 12.8 Å². The smallest absolute Gasteiger partial charge is 0.264 e. The van der Waals surface area contributed by atoms with Gasteiger partial charge in [0.1, 0.15) is 23.1 Å². The van der Waals surface area contributed by atoms with Gasteiger partial charge in [-0.15, -0.1) is 0 Å². The van der Waals surface area contributed by atoms with Gasteiger partial charge in [-0.05, 0) is 49.2 Å². The molecule has 4 aromatic rings. The summed E-state index contributed by atoms with van der Waals surface area (Å²) in [6.07, 6.45) is 7.04. The molecule has 5 rings (SSSR count). The molecule has 3 aromatic heterocycles. The highest BCUT2D eigenvalue weighted by molar-refractivity contribution is 5.60. The van der Waals surface area contributed by atoms with Gasteiger partial charge in [-0.2, -0.15) is 0 Å². The van der Waals surface area contributed by atoms with Crippen LogP contribution in [-0.2, 0) is 7.05 Å². The first kappa shape index (κ1) is 22.5. The molecule has 0 unspecified atom stereocenters. The Morgan fingerprint density at radius 1 is 0.971 bits per heavy atom. The normalized spacial score (nSPS) is 13.5. The van der Waals surface area contributed by atoms with Crippen molar-refractivity contribution in [3.8, 4) is 22.8 Å². The second kappa shape index (κ2) is 9.90. The number of benzene rings is 1. The summed E-state index contributed by atoms with van der Waals surface area (Å²) in [7, 11) is 1.59. The highest BCUT2D eigenvalue weighted by Gasteiger charge is 2.13. The third-order valence-corrected chi connectivity index (χ3v) is 5.61. The Hall–Kier alpha value is -4.31. The molecule has 1 aliphatic rings. The van der Waals surface area contributed by atoms with Crippen molar-refractivity contribution in [3.05, 3.63) is 83.3 Å². The molecule has 1 saturated heterocycles. The van der Waals surface area contributed by atoms with Crippen LogP contribution < -0.4 is 21.0 Å². The molecule has 0 spiro atoms. The summed E-state index contributed by atoms with van der Waals surface area (Å²) < 4.78 is 20.7. The Kier molecular flexibility index (Phi) is 6.36. The molecule has 9 nitrogen and oxygen atoms in total. The van der Waals surface area contributed by atoms with Crippen molar-refractivity contribution in [2.45, 2.75) is 12.8 Å². The van der Waals surface area contributed by atoms with E-state index >= 15 is 0 Å². The largest absolute Gasteiger partial charge is 0.456 e. The van der Waals surface area contributed by atoms with Gasteiger partial charge in [-0.25, -0.2) is 19.4 Å². The molecule has 0 amide bonds. The van der Waals surface area contributed by atoms with E-state index in [4.69, 9.17) is 4.74 Å². The van der Waals surface area contributed by atoms with E-state index < -0.39 is 0 Å². The first-order chi connectivity index (χ1) is 17.0. The molecule has 1 aromatic carbocycles. The molecule has 1 fully saturated rings. The third-order valence-electron chi connectivity index (χ3n) is 5.61. The average Bonchev–Trinajstić information content (AvgIpc) is 3.36. The second-order valence-electron chi connectivity index (χ2n) is 8.16. The van der Waals surface area contributed by atoms with Crippen molar-refractivity contribution >= 4 is 17.5 Å². The first-order valence-corrected chi connectivity index (χ1v) is 11.3. The maximum Gasteiger partial charge on any atom is 0.264 e. The number of nitrogens with zero attached hydrogens (tertiary/aromatic N) is 5. The molecule has 4 heterocycles. The van der Waals surface area contributed by atoms with Gasteiger partial charge in [0.05, 0.1) is 17.5 Å². The molecule has 0 aliphatic carbocycles. The number of pyridine rings is 2. The number of aromatic nitrogens is 4. The standard InChI is InChI=1S/C25H24FN7O2/c1-32-24(34)21(16-29-25(32)30-18-6-4-5-17(26)13-18)22-8-7-20(15-28-22)35-19-9-10-27-23(14-19)31-33-11-2-3-12-33/h4-10,13-16H,2-3,11-12H2,1H3,(H,27,31)(H,29,30). The Morgan fingerprint density at radius 3 is 2.60 bits per heavy atom. The minimum absolute atomic E-state index is 0.285. The van der Waals surface area contributed by atoms with E-state index in [1.54, 1.807) is 49.8 Å². The van der Waals surface area contributed by atoms with Crippen molar-refractivity contribution in [2.24, 2.45) is 7.05 Å². The van der Waals surface area contributed by atoms with E-state index in [9.17, 15) is 9.18 Å². The highest BCUT2D eigenvalue weighted by Crippen LogP contribution is 2.25. The van der Waals surface area contributed by atoms with Crippen LogP contribution in [0, 0.1) is 5.82 Å². The number of rotatable bonds is 7. The van der Waals surface area contributed by atoms with E-state index in [2.05, 4.69) is 30.7 Å². The Balaban J connectivity index is 1.30. The average molecular weight is 474 g/mol. The molecule has 35 heavy (non-hydrogen) atoms. The van der Waals surface area contributed by atoms with Gasteiger partial charge in [0.25, 0.3) is 5.56 Å². The fourth-order valence-corrected chi connectivity index (χ4v) is 3.79. The summed E-state index contributed by atoms with van der Waals surface area (Å²) in [6.45, 7) is 1.99. The maximum atomic E-state index is 13.5. The maximum absolute atomic E-state index is 13.5. The SMILES string of the molecule is Cn1c(Nc2cccc(F)c2)ncc(-c2ccc(Oc3ccnc(NN4CCCC4)c3)cn2)c1=O. The lowest BCUT2D eigenvalue weighted by molar-refractivity contribution is 0.407. The number of anilines is 3. The van der Waals surface area contributed by atoms with Crippen molar-refractivity contribution in [1.29, 1.82) is 0 Å². The minimum Gasteiger partial charge on any atom is -0.456 e. The Labute approximate surface area is 201 Å². The molecule has 10 heteroatoms. The number of ether oxygens (including phenoxy) is 1. The summed E-state index contributed by atoms with van der Waals surface area (Å²) in [5, 5.41) is 5.09. The molecular formula is C25H24FN7O2. The molecule has 0 radical (unpaired) electrons. The zero-order valence-electron chi connectivity index (χ0n) is 19.1. The molecule has 1 aliphatic heterocycles. The predicted octanol–water partition coefficient (Wildman–Crippen LogP) is 4.34. The van der Waals surface area contributed by atoms with Crippen molar-refractivity contribution < 1.29 is 9.13 Å². The highest BCUT2D eigenvalue weighted by atomic mass is 19.1. The van der Waals surface area contributed by atoms with Crippen molar-refractivity contribution in [2.75, 3.05) is 23.8 Å². The summed E-state index contributed by atoms with van der Waals surface area (Å²) in [5.41, 5.74) is 4.30. The second-order valence-corrected chi connectivity index (χ2v) is 8.16. The number of nitrogens with one attached hydrogen (secondary N) is 2. The summed E-state index contributed by atoms with van der Waals surface area (Å²) >= 11 is 0. The minimum atomic E-state index is -0.381. The summed E-state index contributed by atoms with van der Waals surface area (Å²) in [6, 6.07) is 13.0. The first-order valence-electron chi connectivity index (χ1n) is 11.3. The lowest BCUT2D eigenvalue weighted by Gasteiger charge is -2.17. The fraction of sp³-hybridized carbons (Fsp3) is 0.200. The molecule has 0 atom stereocenters. The van der Waals surface area contributed by atoms with Crippen LogP contribution in [0.3, 0.4) is 0 Å². The number of hydrogen-bond acceptors (Lipinski definition) is 8. The summed E-state index contributed by atoms with van der Waals surface area (Å²) in [4.78, 5) is 26.0. The van der Waals surface area contributed by atoms with Gasteiger partial charge in [-0.1, -0.05) is 6.07 Å². The molecule has 0 bridgehead atoms. The quantitative estimate of drug-likeness (QED) is 0.409. The number of hydrogen-bond donors (Lipinski definition) is 2. The van der Waals surface area contributed by atoms with Crippen molar-refractivity contribution in [3.63, 3.8) is 0 Å². The lowest BCUT2D eigenvalue weighted by Crippen LogP contribution is -2.26. The van der Waals surface area contributed by atoms with Crippen LogP contribution in [0.15, 0.2) is 71.9 Å². The zero-order chi connectivity index (χ0) is 24.2. The molecular weight excluding hydrogens is 449 g/mol. The lowest BCUT2D eigenvalue weighted by atomic mass is 10.2. The monoisotopic (exact) mass is 473 g/mol. The molecule has 0 saturated carbocycles. The van der Waals surface area contributed by atoms with E-state index in [1.165, 1.54) is 35.7 Å². The van der Waals surface area contributed by atoms with Crippen LogP contribution in [0.5, 0.6) is 11.5 Å². The van der Waals surface area contributed by atoms with Gasteiger partial charge >= 0.3 is 0 Å². The van der Waals surface area contributed by atoms with Crippen LogP contribution in [0.2, 0.25) is 0 Å². The van der Waals surface area contributed by atoms with Crippen LogP contribution in [-0.4, -0.2) is 37.6 Å². The van der Waals surface area contributed by atoms with E-state index in [0.717, 1.165) is 18.9 Å². The fourth-order valence-electron chi connectivity index (χ4n) is 3.79. The summed E-state index contributed by atoms with van der Waals surface area (Å²) in [5.74, 6) is 1.78. The predicted molar refractivity (Wildman–Crippen MR) is 131 cm³/mol. The van der Waals surface area contributed by atoms with Crippen molar-refractivity contribution in [1.82, 2.24) is 24.5 Å². The number of halogens is 1. The third kappa shape index (κ3) is 5.28.